The third-order valence-electron chi connectivity index (χ3n) is 4.81. The van der Waals surface area contributed by atoms with Crippen molar-refractivity contribution < 1.29 is 9.72 Å². The Kier molecular flexibility index (Phi) is 6.61. The first-order chi connectivity index (χ1) is 13.8. The molecule has 0 aliphatic carbocycles. The van der Waals surface area contributed by atoms with Gasteiger partial charge >= 0.3 is 5.00 Å². The van der Waals surface area contributed by atoms with E-state index in [1.54, 1.807) is 4.90 Å². The average Bonchev–Trinajstić information content (AvgIpc) is 3.32. The summed E-state index contributed by atoms with van der Waals surface area (Å²) < 4.78 is 1.04. The smallest absolute Gasteiger partial charge is 0.302 e. The molecule has 2 aromatic heterocycles. The minimum atomic E-state index is -0.467. The Morgan fingerprint density at radius 3 is 2.48 bits per heavy atom. The highest BCUT2D eigenvalue weighted by Gasteiger charge is 2.25. The van der Waals surface area contributed by atoms with E-state index in [4.69, 9.17) is 4.98 Å². The van der Waals surface area contributed by atoms with Crippen molar-refractivity contribution in [3.63, 3.8) is 0 Å². The lowest BCUT2D eigenvalue weighted by atomic mass is 10.1. The number of aromatic nitrogens is 1. The van der Waals surface area contributed by atoms with Crippen LogP contribution in [-0.2, 0) is 0 Å². The van der Waals surface area contributed by atoms with Crippen molar-refractivity contribution in [2.24, 2.45) is 0 Å². The molecule has 0 saturated heterocycles. The van der Waals surface area contributed by atoms with Gasteiger partial charge in [0, 0.05) is 19.2 Å². The molecule has 0 aliphatic heterocycles. The van der Waals surface area contributed by atoms with Crippen LogP contribution in [0.1, 0.15) is 34.6 Å². The molecule has 3 aromatic rings. The summed E-state index contributed by atoms with van der Waals surface area (Å²) in [5.41, 5.74) is 3.12. The molecule has 0 spiro atoms. The lowest BCUT2D eigenvalue weighted by molar-refractivity contribution is -0.380. The van der Waals surface area contributed by atoms with Crippen molar-refractivity contribution in [3.05, 3.63) is 50.4 Å². The fourth-order valence-corrected chi connectivity index (χ4v) is 5.15. The van der Waals surface area contributed by atoms with Gasteiger partial charge in [-0.3, -0.25) is 19.8 Å². The number of likely N-dealkylation sites (N-methyl/N-ethyl adjacent to an activating group) is 1. The van der Waals surface area contributed by atoms with Gasteiger partial charge in [0.15, 0.2) is 5.13 Å². The average molecular weight is 433 g/mol. The number of thiophene rings is 1. The van der Waals surface area contributed by atoms with E-state index < -0.39 is 4.92 Å². The molecule has 7 nitrogen and oxygen atoms in total. The van der Waals surface area contributed by atoms with Crippen LogP contribution in [0.25, 0.3) is 10.2 Å². The maximum atomic E-state index is 13.3. The summed E-state index contributed by atoms with van der Waals surface area (Å²) in [6, 6.07) is 7.06. The van der Waals surface area contributed by atoms with Crippen molar-refractivity contribution in [1.82, 2.24) is 9.88 Å². The fraction of sp³-hybridized carbons (Fsp3) is 0.400. The normalized spacial score (nSPS) is 11.3. The number of aryl methyl sites for hydroxylation is 2. The first-order valence-corrected chi connectivity index (χ1v) is 11.1. The molecule has 3 rings (SSSR count). The monoisotopic (exact) mass is 432 g/mol. The summed E-state index contributed by atoms with van der Waals surface area (Å²) >= 11 is 2.39. The molecule has 0 bridgehead atoms. The molecule has 1 amide bonds. The Balaban J connectivity index is 1.99. The number of benzene rings is 1. The Bertz CT molecular complexity index is 1040. The number of thiazole rings is 1. The molecule has 0 radical (unpaired) electrons. The number of rotatable bonds is 8. The van der Waals surface area contributed by atoms with Gasteiger partial charge in [-0.2, -0.15) is 0 Å². The van der Waals surface area contributed by atoms with E-state index in [2.05, 4.69) is 30.9 Å². The summed E-state index contributed by atoms with van der Waals surface area (Å²) in [5, 5.41) is 11.6. The Morgan fingerprint density at radius 1 is 1.14 bits per heavy atom. The zero-order valence-electron chi connectivity index (χ0n) is 17.0. The number of hydrogen-bond acceptors (Lipinski definition) is 7. The number of hydrogen-bond donors (Lipinski definition) is 0. The van der Waals surface area contributed by atoms with E-state index in [-0.39, 0.29) is 10.9 Å². The SMILES string of the molecule is CCN(CC)CCN(C(=O)c1ccc([N+](=O)[O-])s1)c1nc2c(C)cc(C)cc2s1. The summed E-state index contributed by atoms with van der Waals surface area (Å²) in [5.74, 6) is -0.247. The number of anilines is 1. The fourth-order valence-electron chi connectivity index (χ4n) is 3.21. The van der Waals surface area contributed by atoms with Crippen molar-refractivity contribution in [1.29, 1.82) is 0 Å². The van der Waals surface area contributed by atoms with Crippen LogP contribution in [0.4, 0.5) is 10.1 Å². The second-order valence-corrected chi connectivity index (χ2v) is 8.87. The van der Waals surface area contributed by atoms with Crippen LogP contribution in [0, 0.1) is 24.0 Å². The van der Waals surface area contributed by atoms with E-state index in [0.29, 0.717) is 23.1 Å². The van der Waals surface area contributed by atoms with E-state index in [1.165, 1.54) is 23.5 Å². The first-order valence-electron chi connectivity index (χ1n) is 9.50. The van der Waals surface area contributed by atoms with Gasteiger partial charge in [-0.1, -0.05) is 42.6 Å². The van der Waals surface area contributed by atoms with Crippen molar-refractivity contribution in [3.8, 4) is 0 Å². The Morgan fingerprint density at radius 2 is 1.86 bits per heavy atom. The molecule has 1 aromatic carbocycles. The van der Waals surface area contributed by atoms with E-state index in [1.807, 2.05) is 13.8 Å². The molecule has 0 saturated carbocycles. The van der Waals surface area contributed by atoms with Crippen LogP contribution >= 0.6 is 22.7 Å². The van der Waals surface area contributed by atoms with Gasteiger partial charge < -0.3 is 4.90 Å². The maximum Gasteiger partial charge on any atom is 0.324 e. The molecular weight excluding hydrogens is 408 g/mol. The number of amides is 1. The van der Waals surface area contributed by atoms with Crippen LogP contribution in [-0.4, -0.2) is 46.9 Å². The maximum absolute atomic E-state index is 13.3. The van der Waals surface area contributed by atoms with Gasteiger partial charge in [0.1, 0.15) is 0 Å². The Hall–Kier alpha value is -2.36. The highest BCUT2D eigenvalue weighted by atomic mass is 32.1. The zero-order valence-corrected chi connectivity index (χ0v) is 18.6. The number of carbonyl (C=O) groups excluding carboxylic acids is 1. The van der Waals surface area contributed by atoms with Gasteiger partial charge in [-0.05, 0) is 50.2 Å². The molecule has 0 unspecified atom stereocenters. The molecule has 154 valence electrons. The molecule has 29 heavy (non-hydrogen) atoms. The lowest BCUT2D eigenvalue weighted by Crippen LogP contribution is -2.38. The molecule has 9 heteroatoms. The van der Waals surface area contributed by atoms with Crippen LogP contribution in [0.3, 0.4) is 0 Å². The van der Waals surface area contributed by atoms with Gasteiger partial charge in [0.2, 0.25) is 0 Å². The minimum Gasteiger partial charge on any atom is -0.302 e. The molecular formula is C20H24N4O3S2. The van der Waals surface area contributed by atoms with E-state index in [0.717, 1.165) is 45.8 Å². The quantitative estimate of drug-likeness (QED) is 0.375. The largest absolute Gasteiger partial charge is 0.324 e. The third-order valence-corrected chi connectivity index (χ3v) is 6.86. The third kappa shape index (κ3) is 4.63. The van der Waals surface area contributed by atoms with Gasteiger partial charge in [-0.15, -0.1) is 0 Å². The molecule has 0 aliphatic rings. The molecule has 0 N–H and O–H groups in total. The summed E-state index contributed by atoms with van der Waals surface area (Å²) in [4.78, 5) is 32.8. The highest BCUT2D eigenvalue weighted by Crippen LogP contribution is 2.33. The number of nitrogens with zero attached hydrogens (tertiary/aromatic N) is 4. The Labute approximate surface area is 177 Å². The predicted octanol–water partition coefficient (Wildman–Crippen LogP) is 4.87. The molecule has 0 atom stereocenters. The number of carbonyl (C=O) groups is 1. The van der Waals surface area contributed by atoms with E-state index >= 15 is 0 Å². The van der Waals surface area contributed by atoms with Crippen molar-refractivity contribution in [2.45, 2.75) is 27.7 Å². The first kappa shape index (κ1) is 21.4. The summed E-state index contributed by atoms with van der Waals surface area (Å²) in [6.07, 6.45) is 0. The lowest BCUT2D eigenvalue weighted by Gasteiger charge is -2.24. The van der Waals surface area contributed by atoms with Crippen LogP contribution in [0.15, 0.2) is 24.3 Å². The summed E-state index contributed by atoms with van der Waals surface area (Å²) in [6.45, 7) is 11.2. The standard InChI is InChI=1S/C20H24N4O3S2/c1-5-22(6-2)9-10-23(19(25)15-7-8-17(28-15)24(26)27)20-21-18-14(4)11-13(3)12-16(18)29-20/h7-8,11-12H,5-6,9-10H2,1-4H3. The second kappa shape index (κ2) is 8.98. The molecule has 0 fully saturated rings. The van der Waals surface area contributed by atoms with Crippen molar-refractivity contribution in [2.75, 3.05) is 31.1 Å². The van der Waals surface area contributed by atoms with Crippen molar-refractivity contribution >= 4 is 48.9 Å². The zero-order chi connectivity index (χ0) is 21.1. The topological polar surface area (TPSA) is 79.6 Å². The summed E-state index contributed by atoms with van der Waals surface area (Å²) in [7, 11) is 0. The van der Waals surface area contributed by atoms with Gasteiger partial charge in [0.05, 0.1) is 20.0 Å². The second-order valence-electron chi connectivity index (χ2n) is 6.80. The predicted molar refractivity (Wildman–Crippen MR) is 120 cm³/mol. The van der Waals surface area contributed by atoms with Gasteiger partial charge in [-0.25, -0.2) is 4.98 Å². The number of fused-ring (bicyclic) bond motifs is 1. The van der Waals surface area contributed by atoms with Crippen LogP contribution in [0.2, 0.25) is 0 Å². The number of nitro groups is 1. The highest BCUT2D eigenvalue weighted by molar-refractivity contribution is 7.22. The van der Waals surface area contributed by atoms with Crippen LogP contribution < -0.4 is 4.90 Å². The van der Waals surface area contributed by atoms with Crippen LogP contribution in [0.5, 0.6) is 0 Å². The molecule has 2 heterocycles. The van der Waals surface area contributed by atoms with Gasteiger partial charge in [0.25, 0.3) is 5.91 Å². The minimum absolute atomic E-state index is 0.0344. The van der Waals surface area contributed by atoms with E-state index in [9.17, 15) is 14.9 Å².